The Hall–Kier alpha value is -2.58. The van der Waals surface area contributed by atoms with Crippen LogP contribution in [0.4, 0.5) is 5.69 Å². The maximum atomic E-state index is 13.0. The molecule has 150 valence electrons. The first kappa shape index (κ1) is 20.2. The van der Waals surface area contributed by atoms with E-state index in [-0.39, 0.29) is 23.5 Å². The number of methoxy groups -OCH3 is 1. The van der Waals surface area contributed by atoms with Crippen molar-refractivity contribution in [3.05, 3.63) is 54.1 Å². The number of nitrogens with zero attached hydrogens (tertiary/aromatic N) is 1. The fraction of sp³-hybridized carbons (Fsp3) is 0.350. The van der Waals surface area contributed by atoms with Crippen molar-refractivity contribution in [3.8, 4) is 5.75 Å². The van der Waals surface area contributed by atoms with E-state index in [0.29, 0.717) is 25.3 Å². The van der Waals surface area contributed by atoms with Crippen LogP contribution in [0.2, 0.25) is 0 Å². The standard InChI is InChI=1S/C20H24N2O5S/c1-15(13-26-2)21-20(23)14-27-17-7-9-18(10-8-17)28(24,25)22-12-11-16-5-3-4-6-19(16)22/h3-10,15H,11-14H2,1-2H3,(H,21,23)/t15-/m0/s1. The lowest BCUT2D eigenvalue weighted by Gasteiger charge is -2.19. The monoisotopic (exact) mass is 404 g/mol. The van der Waals surface area contributed by atoms with E-state index in [9.17, 15) is 13.2 Å². The minimum Gasteiger partial charge on any atom is -0.484 e. The van der Waals surface area contributed by atoms with Gasteiger partial charge in [0.25, 0.3) is 15.9 Å². The van der Waals surface area contributed by atoms with E-state index in [1.54, 1.807) is 19.2 Å². The van der Waals surface area contributed by atoms with Gasteiger partial charge in [0.05, 0.1) is 17.2 Å². The van der Waals surface area contributed by atoms with Crippen molar-refractivity contribution in [1.29, 1.82) is 0 Å². The molecule has 7 nitrogen and oxygen atoms in total. The van der Waals surface area contributed by atoms with E-state index in [1.165, 1.54) is 16.4 Å². The number of fused-ring (bicyclic) bond motifs is 1. The number of para-hydroxylation sites is 1. The Kier molecular flexibility index (Phi) is 6.21. The van der Waals surface area contributed by atoms with Crippen LogP contribution in [-0.4, -0.2) is 47.2 Å². The van der Waals surface area contributed by atoms with E-state index in [0.717, 1.165) is 11.3 Å². The average Bonchev–Trinajstić information content (AvgIpc) is 3.12. The molecule has 1 aliphatic rings. The third-order valence-corrected chi connectivity index (χ3v) is 6.28. The third-order valence-electron chi connectivity index (χ3n) is 4.45. The summed E-state index contributed by atoms with van der Waals surface area (Å²) in [6, 6.07) is 13.5. The topological polar surface area (TPSA) is 84.9 Å². The van der Waals surface area contributed by atoms with Crippen LogP contribution < -0.4 is 14.4 Å². The first-order chi connectivity index (χ1) is 13.4. The van der Waals surface area contributed by atoms with Crippen LogP contribution in [0.3, 0.4) is 0 Å². The number of carbonyl (C=O) groups is 1. The largest absolute Gasteiger partial charge is 0.484 e. The molecule has 1 N–H and O–H groups in total. The van der Waals surface area contributed by atoms with Gasteiger partial charge in [0.15, 0.2) is 6.61 Å². The molecule has 0 radical (unpaired) electrons. The third kappa shape index (κ3) is 4.45. The molecule has 2 aromatic carbocycles. The molecule has 0 unspecified atom stereocenters. The number of benzene rings is 2. The molecule has 0 saturated heterocycles. The van der Waals surface area contributed by atoms with Crippen LogP contribution >= 0.6 is 0 Å². The molecular weight excluding hydrogens is 380 g/mol. The summed E-state index contributed by atoms with van der Waals surface area (Å²) in [5.74, 6) is 0.158. The molecular formula is C20H24N2O5S. The minimum absolute atomic E-state index is 0.114. The molecule has 0 aromatic heterocycles. The van der Waals surface area contributed by atoms with Gasteiger partial charge in [0, 0.05) is 19.7 Å². The molecule has 0 saturated carbocycles. The second-order valence-corrected chi connectivity index (χ2v) is 8.50. The molecule has 1 aliphatic heterocycles. The summed E-state index contributed by atoms with van der Waals surface area (Å²) in [4.78, 5) is 12.0. The van der Waals surface area contributed by atoms with E-state index in [1.807, 2.05) is 31.2 Å². The molecule has 0 aliphatic carbocycles. The highest BCUT2D eigenvalue weighted by Gasteiger charge is 2.30. The van der Waals surface area contributed by atoms with Gasteiger partial charge in [-0.3, -0.25) is 9.10 Å². The summed E-state index contributed by atoms with van der Waals surface area (Å²) in [5, 5.41) is 2.74. The average molecular weight is 404 g/mol. The van der Waals surface area contributed by atoms with Gasteiger partial charge in [-0.05, 0) is 49.2 Å². The molecule has 1 atom stereocenters. The van der Waals surface area contributed by atoms with Crippen LogP contribution in [-0.2, 0) is 26.0 Å². The van der Waals surface area contributed by atoms with E-state index < -0.39 is 10.0 Å². The van der Waals surface area contributed by atoms with Gasteiger partial charge in [0.1, 0.15) is 5.75 Å². The number of sulfonamides is 1. The van der Waals surface area contributed by atoms with Crippen LogP contribution in [0.1, 0.15) is 12.5 Å². The van der Waals surface area contributed by atoms with Crippen molar-refractivity contribution in [2.75, 3.05) is 31.2 Å². The molecule has 0 spiro atoms. The van der Waals surface area contributed by atoms with Crippen molar-refractivity contribution in [2.24, 2.45) is 0 Å². The zero-order valence-corrected chi connectivity index (χ0v) is 16.7. The van der Waals surface area contributed by atoms with Gasteiger partial charge in [0.2, 0.25) is 0 Å². The van der Waals surface area contributed by atoms with Crippen molar-refractivity contribution >= 4 is 21.6 Å². The molecule has 0 fully saturated rings. The van der Waals surface area contributed by atoms with Gasteiger partial charge in [-0.2, -0.15) is 0 Å². The molecule has 3 rings (SSSR count). The molecule has 1 amide bonds. The lowest BCUT2D eigenvalue weighted by Crippen LogP contribution is -2.38. The molecule has 0 bridgehead atoms. The van der Waals surface area contributed by atoms with Gasteiger partial charge >= 0.3 is 0 Å². The van der Waals surface area contributed by atoms with Gasteiger partial charge < -0.3 is 14.8 Å². The first-order valence-corrected chi connectivity index (χ1v) is 10.5. The number of ether oxygens (including phenoxy) is 2. The number of anilines is 1. The Balaban J connectivity index is 1.64. The number of rotatable bonds is 8. The minimum atomic E-state index is -3.64. The molecule has 2 aromatic rings. The van der Waals surface area contributed by atoms with Crippen molar-refractivity contribution < 1.29 is 22.7 Å². The molecule has 28 heavy (non-hydrogen) atoms. The van der Waals surface area contributed by atoms with Crippen LogP contribution in [0, 0.1) is 0 Å². The van der Waals surface area contributed by atoms with Gasteiger partial charge in [-0.1, -0.05) is 18.2 Å². The first-order valence-electron chi connectivity index (χ1n) is 9.03. The number of hydrogen-bond donors (Lipinski definition) is 1. The molecule has 1 heterocycles. The summed E-state index contributed by atoms with van der Waals surface area (Å²) in [6.07, 6.45) is 0.702. The quantitative estimate of drug-likeness (QED) is 0.727. The SMILES string of the molecule is COC[C@H](C)NC(=O)COc1ccc(S(=O)(=O)N2CCc3ccccc32)cc1. The summed E-state index contributed by atoms with van der Waals surface area (Å²) in [6.45, 7) is 2.52. The molecule has 8 heteroatoms. The predicted octanol–water partition coefficient (Wildman–Crippen LogP) is 1.97. The second kappa shape index (κ2) is 8.62. The number of nitrogens with one attached hydrogen (secondary N) is 1. The van der Waals surface area contributed by atoms with Gasteiger partial charge in [-0.25, -0.2) is 8.42 Å². The number of hydrogen-bond acceptors (Lipinski definition) is 5. The lowest BCUT2D eigenvalue weighted by atomic mass is 10.2. The smallest absolute Gasteiger partial charge is 0.264 e. The highest BCUT2D eigenvalue weighted by molar-refractivity contribution is 7.92. The second-order valence-electron chi connectivity index (χ2n) is 6.64. The van der Waals surface area contributed by atoms with Crippen molar-refractivity contribution in [3.63, 3.8) is 0 Å². The fourth-order valence-corrected chi connectivity index (χ4v) is 4.65. The zero-order chi connectivity index (χ0) is 20.1. The Morgan fingerprint density at radius 1 is 1.18 bits per heavy atom. The fourth-order valence-electron chi connectivity index (χ4n) is 3.15. The number of amides is 1. The normalized spacial score (nSPS) is 14.4. The van der Waals surface area contributed by atoms with E-state index in [4.69, 9.17) is 9.47 Å². The summed E-state index contributed by atoms with van der Waals surface area (Å²) in [7, 11) is -2.07. The number of carbonyl (C=O) groups excluding carboxylic acids is 1. The van der Waals surface area contributed by atoms with Crippen LogP contribution in [0.25, 0.3) is 0 Å². The Bertz CT molecular complexity index is 928. The maximum absolute atomic E-state index is 13.0. The maximum Gasteiger partial charge on any atom is 0.264 e. The summed E-state index contributed by atoms with van der Waals surface area (Å²) >= 11 is 0. The Morgan fingerprint density at radius 2 is 1.89 bits per heavy atom. The summed E-state index contributed by atoms with van der Waals surface area (Å²) in [5.41, 5.74) is 1.75. The van der Waals surface area contributed by atoms with Crippen LogP contribution in [0.5, 0.6) is 5.75 Å². The Labute approximate surface area is 165 Å². The lowest BCUT2D eigenvalue weighted by molar-refractivity contribution is -0.124. The van der Waals surface area contributed by atoms with E-state index >= 15 is 0 Å². The highest BCUT2D eigenvalue weighted by Crippen LogP contribution is 2.32. The Morgan fingerprint density at radius 3 is 2.61 bits per heavy atom. The van der Waals surface area contributed by atoms with E-state index in [2.05, 4.69) is 5.32 Å². The highest BCUT2D eigenvalue weighted by atomic mass is 32.2. The predicted molar refractivity (Wildman–Crippen MR) is 106 cm³/mol. The summed E-state index contributed by atoms with van der Waals surface area (Å²) < 4.78 is 37.8. The van der Waals surface area contributed by atoms with Crippen molar-refractivity contribution in [2.45, 2.75) is 24.3 Å². The van der Waals surface area contributed by atoms with Gasteiger partial charge in [-0.15, -0.1) is 0 Å². The zero-order valence-electron chi connectivity index (χ0n) is 15.9. The van der Waals surface area contributed by atoms with Crippen LogP contribution in [0.15, 0.2) is 53.4 Å². The van der Waals surface area contributed by atoms with Crippen molar-refractivity contribution in [1.82, 2.24) is 5.32 Å².